The number of benzene rings is 1. The normalized spacial score (nSPS) is 9.68. The van der Waals surface area contributed by atoms with Crippen LogP contribution in [-0.4, -0.2) is 9.97 Å². The van der Waals surface area contributed by atoms with Crippen LogP contribution in [0.2, 0.25) is 0 Å². The van der Waals surface area contributed by atoms with Gasteiger partial charge in [-0.15, -0.1) is 0 Å². The van der Waals surface area contributed by atoms with E-state index >= 15 is 0 Å². The average molecular weight is 258 g/mol. The number of hydrogen-bond donors (Lipinski definition) is 3. The van der Waals surface area contributed by atoms with Gasteiger partial charge in [0, 0.05) is 16.7 Å². The van der Waals surface area contributed by atoms with E-state index in [0.717, 1.165) is 5.56 Å². The Morgan fingerprint density at radius 2 is 2.11 bits per heavy atom. The maximum absolute atomic E-state index is 11.1. The number of aromatic nitrogens is 2. The first kappa shape index (κ1) is 12.5. The molecule has 0 unspecified atom stereocenters. The zero-order chi connectivity index (χ0) is 13.7. The summed E-state index contributed by atoms with van der Waals surface area (Å²) in [5.74, 6) is 0.287. The van der Waals surface area contributed by atoms with E-state index in [2.05, 4.69) is 25.3 Å². The molecule has 0 saturated carbocycles. The van der Waals surface area contributed by atoms with Crippen LogP contribution < -0.4 is 16.6 Å². The monoisotopic (exact) mass is 258 g/mol. The van der Waals surface area contributed by atoms with Gasteiger partial charge in [-0.2, -0.15) is 0 Å². The van der Waals surface area contributed by atoms with E-state index in [1.807, 2.05) is 0 Å². The van der Waals surface area contributed by atoms with Crippen molar-refractivity contribution in [2.24, 2.45) is 5.11 Å². The van der Waals surface area contributed by atoms with E-state index in [-0.39, 0.29) is 12.4 Å². The van der Waals surface area contributed by atoms with Crippen molar-refractivity contribution in [3.63, 3.8) is 0 Å². The summed E-state index contributed by atoms with van der Waals surface area (Å²) in [6, 6.07) is 8.34. The zero-order valence-electron chi connectivity index (χ0n) is 9.75. The van der Waals surface area contributed by atoms with Gasteiger partial charge in [-0.1, -0.05) is 17.2 Å². The van der Waals surface area contributed by atoms with Crippen molar-refractivity contribution >= 4 is 11.5 Å². The van der Waals surface area contributed by atoms with Gasteiger partial charge in [0.25, 0.3) is 5.56 Å². The Balaban J connectivity index is 2.25. The second-order valence-corrected chi connectivity index (χ2v) is 3.72. The van der Waals surface area contributed by atoms with Gasteiger partial charge in [0.2, 0.25) is 0 Å². The van der Waals surface area contributed by atoms with Crippen molar-refractivity contribution < 1.29 is 0 Å². The lowest BCUT2D eigenvalue weighted by atomic mass is 10.2. The quantitative estimate of drug-likeness (QED) is 0.438. The lowest BCUT2D eigenvalue weighted by Crippen LogP contribution is -2.22. The van der Waals surface area contributed by atoms with Gasteiger partial charge in [0.1, 0.15) is 5.82 Å². The Labute approximate surface area is 106 Å². The standard InChI is InChI=1S/C11H10N6O2/c12-17-13-6-7-2-1-3-8(4-7)14-9-5-10(18)16-11(19)15-9/h1-5H,6H2,(H3,14,15,16,18,19). The highest BCUT2D eigenvalue weighted by Gasteiger charge is 1.99. The van der Waals surface area contributed by atoms with E-state index < -0.39 is 11.2 Å². The van der Waals surface area contributed by atoms with Gasteiger partial charge in [0.15, 0.2) is 0 Å². The van der Waals surface area contributed by atoms with Crippen molar-refractivity contribution in [3.8, 4) is 0 Å². The fourth-order valence-electron chi connectivity index (χ4n) is 1.55. The molecule has 0 aliphatic rings. The van der Waals surface area contributed by atoms with Crippen molar-refractivity contribution in [2.45, 2.75) is 6.54 Å². The summed E-state index contributed by atoms with van der Waals surface area (Å²) in [5.41, 5.74) is 8.67. The number of nitrogens with zero attached hydrogens (tertiary/aromatic N) is 3. The van der Waals surface area contributed by atoms with E-state index in [4.69, 9.17) is 5.53 Å². The molecule has 0 saturated heterocycles. The lowest BCUT2D eigenvalue weighted by molar-refractivity contribution is 1.04. The summed E-state index contributed by atoms with van der Waals surface area (Å²) in [6.45, 7) is 0.234. The lowest BCUT2D eigenvalue weighted by Gasteiger charge is -2.06. The second kappa shape index (κ2) is 5.56. The van der Waals surface area contributed by atoms with Crippen LogP contribution >= 0.6 is 0 Å². The minimum absolute atomic E-state index is 0.234. The van der Waals surface area contributed by atoms with E-state index in [1.54, 1.807) is 24.3 Å². The van der Waals surface area contributed by atoms with Gasteiger partial charge >= 0.3 is 5.69 Å². The molecule has 0 atom stereocenters. The second-order valence-electron chi connectivity index (χ2n) is 3.72. The van der Waals surface area contributed by atoms with Crippen molar-refractivity contribution in [2.75, 3.05) is 5.32 Å². The summed E-state index contributed by atoms with van der Waals surface area (Å²) in [5, 5.41) is 6.35. The molecule has 0 amide bonds. The fraction of sp³-hybridized carbons (Fsp3) is 0.0909. The first-order valence-electron chi connectivity index (χ1n) is 5.38. The van der Waals surface area contributed by atoms with Gasteiger partial charge in [0.05, 0.1) is 6.54 Å². The van der Waals surface area contributed by atoms with Gasteiger partial charge < -0.3 is 5.32 Å². The molecule has 1 aromatic carbocycles. The number of H-pyrrole nitrogens is 2. The highest BCUT2D eigenvalue weighted by molar-refractivity contribution is 5.56. The molecule has 0 spiro atoms. The third-order valence-corrected chi connectivity index (χ3v) is 2.28. The molecule has 1 heterocycles. The number of azide groups is 1. The molecule has 0 radical (unpaired) electrons. The summed E-state index contributed by atoms with van der Waals surface area (Å²) in [7, 11) is 0. The molecule has 0 bridgehead atoms. The van der Waals surface area contributed by atoms with Crippen molar-refractivity contribution in [3.05, 3.63) is 67.2 Å². The van der Waals surface area contributed by atoms with E-state index in [9.17, 15) is 9.59 Å². The summed E-state index contributed by atoms with van der Waals surface area (Å²) < 4.78 is 0. The largest absolute Gasteiger partial charge is 0.342 e. The number of nitrogens with one attached hydrogen (secondary N) is 3. The maximum atomic E-state index is 11.1. The molecule has 8 nitrogen and oxygen atoms in total. The zero-order valence-corrected chi connectivity index (χ0v) is 9.75. The maximum Gasteiger partial charge on any atom is 0.327 e. The molecule has 0 aliphatic heterocycles. The first-order chi connectivity index (χ1) is 9.17. The van der Waals surface area contributed by atoms with Crippen LogP contribution in [-0.2, 0) is 6.54 Å². The Kier molecular flexibility index (Phi) is 3.65. The Morgan fingerprint density at radius 1 is 1.26 bits per heavy atom. The molecule has 19 heavy (non-hydrogen) atoms. The molecule has 1 aromatic heterocycles. The average Bonchev–Trinajstić information content (AvgIpc) is 2.35. The molecule has 2 rings (SSSR count). The molecular formula is C11H10N6O2. The molecule has 0 aliphatic carbocycles. The van der Waals surface area contributed by atoms with Gasteiger partial charge in [-0.05, 0) is 23.2 Å². The van der Waals surface area contributed by atoms with Crippen LogP contribution in [0.3, 0.4) is 0 Å². The summed E-state index contributed by atoms with van der Waals surface area (Å²) in [6.07, 6.45) is 0. The Hall–Kier alpha value is -2.99. The number of aromatic amines is 2. The van der Waals surface area contributed by atoms with E-state index in [1.165, 1.54) is 6.07 Å². The van der Waals surface area contributed by atoms with E-state index in [0.29, 0.717) is 5.69 Å². The predicted molar refractivity (Wildman–Crippen MR) is 70.3 cm³/mol. The number of hydrogen-bond acceptors (Lipinski definition) is 4. The Morgan fingerprint density at radius 3 is 2.84 bits per heavy atom. The van der Waals surface area contributed by atoms with Crippen LogP contribution in [0.4, 0.5) is 11.5 Å². The Bertz CT molecular complexity index is 713. The van der Waals surface area contributed by atoms with Crippen LogP contribution in [0.1, 0.15) is 5.56 Å². The molecule has 8 heteroatoms. The third kappa shape index (κ3) is 3.48. The number of anilines is 2. The molecule has 3 N–H and O–H groups in total. The smallest absolute Gasteiger partial charge is 0.327 e. The minimum atomic E-state index is -0.583. The SMILES string of the molecule is [N-]=[N+]=NCc1cccc(Nc2cc(=O)[nH]c(=O)[nH]2)c1. The minimum Gasteiger partial charge on any atom is -0.342 e. The van der Waals surface area contributed by atoms with Crippen molar-refractivity contribution in [1.29, 1.82) is 0 Å². The van der Waals surface area contributed by atoms with Crippen LogP contribution in [0.15, 0.2) is 45.0 Å². The van der Waals surface area contributed by atoms with Gasteiger partial charge in [-0.3, -0.25) is 14.8 Å². The summed E-state index contributed by atoms with van der Waals surface area (Å²) >= 11 is 0. The van der Waals surface area contributed by atoms with Crippen LogP contribution in [0.5, 0.6) is 0 Å². The predicted octanol–water partition coefficient (Wildman–Crippen LogP) is 1.62. The first-order valence-corrected chi connectivity index (χ1v) is 5.38. The van der Waals surface area contributed by atoms with Crippen molar-refractivity contribution in [1.82, 2.24) is 9.97 Å². The third-order valence-electron chi connectivity index (χ3n) is 2.28. The highest BCUT2D eigenvalue weighted by Crippen LogP contribution is 2.15. The topological polar surface area (TPSA) is 127 Å². The molecular weight excluding hydrogens is 248 g/mol. The van der Waals surface area contributed by atoms with Gasteiger partial charge in [-0.25, -0.2) is 4.79 Å². The fourth-order valence-corrected chi connectivity index (χ4v) is 1.55. The number of rotatable bonds is 4. The van der Waals surface area contributed by atoms with Crippen LogP contribution in [0.25, 0.3) is 10.4 Å². The molecule has 2 aromatic rings. The molecule has 0 fully saturated rings. The summed E-state index contributed by atoms with van der Waals surface area (Å²) in [4.78, 5) is 29.5. The molecule has 96 valence electrons. The van der Waals surface area contributed by atoms with Crippen LogP contribution in [0, 0.1) is 0 Å². The highest BCUT2D eigenvalue weighted by atomic mass is 16.2.